The Kier molecular flexibility index (Phi) is 4.79. The lowest BCUT2D eigenvalue weighted by atomic mass is 9.56. The van der Waals surface area contributed by atoms with Gasteiger partial charge in [-0.25, -0.2) is 9.67 Å². The van der Waals surface area contributed by atoms with Crippen molar-refractivity contribution < 1.29 is 4.74 Å². The van der Waals surface area contributed by atoms with E-state index in [2.05, 4.69) is 53.4 Å². The molecule has 0 aromatic carbocycles. The van der Waals surface area contributed by atoms with Crippen LogP contribution < -0.4 is 10.6 Å². The van der Waals surface area contributed by atoms with Crippen LogP contribution in [0.15, 0.2) is 4.99 Å². The first-order valence-corrected chi connectivity index (χ1v) is 9.30. The van der Waals surface area contributed by atoms with E-state index in [1.165, 1.54) is 0 Å². The molecular formula is C18H32N6O. The van der Waals surface area contributed by atoms with Crippen LogP contribution in [0.3, 0.4) is 0 Å². The third-order valence-corrected chi connectivity index (χ3v) is 6.37. The lowest BCUT2D eigenvalue weighted by molar-refractivity contribution is -0.176. The van der Waals surface area contributed by atoms with Crippen molar-refractivity contribution in [3.05, 3.63) is 11.6 Å². The highest BCUT2D eigenvalue weighted by Gasteiger charge is 2.58. The summed E-state index contributed by atoms with van der Waals surface area (Å²) in [6, 6.07) is 0.669. The maximum atomic E-state index is 5.72. The van der Waals surface area contributed by atoms with Crippen LogP contribution in [0.5, 0.6) is 0 Å². The molecule has 7 heteroatoms. The van der Waals surface area contributed by atoms with Gasteiger partial charge >= 0.3 is 0 Å². The van der Waals surface area contributed by atoms with Crippen molar-refractivity contribution in [2.75, 3.05) is 14.2 Å². The number of ether oxygens (including phenoxy) is 1. The topological polar surface area (TPSA) is 76.4 Å². The first-order chi connectivity index (χ1) is 11.8. The monoisotopic (exact) mass is 348 g/mol. The molecular weight excluding hydrogens is 316 g/mol. The van der Waals surface area contributed by atoms with Crippen LogP contribution in [-0.2, 0) is 24.1 Å². The number of aliphatic imine (C=N–C) groups is 1. The Morgan fingerprint density at radius 3 is 2.72 bits per heavy atom. The normalized spacial score (nSPS) is 31.2. The van der Waals surface area contributed by atoms with Gasteiger partial charge in [-0.3, -0.25) is 4.99 Å². The van der Waals surface area contributed by atoms with E-state index in [9.17, 15) is 0 Å². The smallest absolute Gasteiger partial charge is 0.191 e. The molecule has 140 valence electrons. The summed E-state index contributed by atoms with van der Waals surface area (Å²) in [7, 11) is 3.63. The Morgan fingerprint density at radius 2 is 2.12 bits per heavy atom. The second-order valence-corrected chi connectivity index (χ2v) is 7.99. The zero-order chi connectivity index (χ0) is 18.2. The summed E-state index contributed by atoms with van der Waals surface area (Å²) in [5.41, 5.74) is -0.0262. The molecule has 0 amide bonds. The summed E-state index contributed by atoms with van der Waals surface area (Å²) in [4.78, 5) is 9.01. The number of fused-ring (bicyclic) bond motifs is 1. The van der Waals surface area contributed by atoms with Crippen molar-refractivity contribution in [3.63, 3.8) is 0 Å². The summed E-state index contributed by atoms with van der Waals surface area (Å²) in [5, 5.41) is 11.7. The molecule has 1 aromatic rings. The quantitative estimate of drug-likeness (QED) is 0.637. The number of aromatic nitrogens is 3. The molecule has 0 radical (unpaired) electrons. The highest BCUT2D eigenvalue weighted by molar-refractivity contribution is 5.80. The third kappa shape index (κ3) is 3.14. The minimum atomic E-state index is -0.0828. The number of aryl methyl sites for hydroxylation is 2. The number of hydrogen-bond acceptors (Lipinski definition) is 4. The lowest BCUT2D eigenvalue weighted by Crippen LogP contribution is -2.69. The van der Waals surface area contributed by atoms with E-state index in [1.54, 1.807) is 7.11 Å². The van der Waals surface area contributed by atoms with Crippen molar-refractivity contribution in [1.82, 2.24) is 25.4 Å². The third-order valence-electron chi connectivity index (χ3n) is 6.37. The maximum Gasteiger partial charge on any atom is 0.191 e. The molecule has 1 fully saturated rings. The average Bonchev–Trinajstić information content (AvgIpc) is 3.02. The summed E-state index contributed by atoms with van der Waals surface area (Å²) in [5.74, 6) is 2.91. The van der Waals surface area contributed by atoms with E-state index >= 15 is 0 Å². The number of guanidine groups is 1. The Bertz CT molecular complexity index is 652. The molecule has 0 saturated heterocycles. The summed E-state index contributed by atoms with van der Waals surface area (Å²) < 4.78 is 7.76. The molecule has 2 heterocycles. The average molecular weight is 348 g/mol. The molecule has 1 saturated carbocycles. The van der Waals surface area contributed by atoms with Gasteiger partial charge in [-0.05, 0) is 19.8 Å². The van der Waals surface area contributed by atoms with Gasteiger partial charge in [0.25, 0.3) is 0 Å². The second kappa shape index (κ2) is 6.59. The SMILES string of the molecule is CCc1nc2n(n1)CC(NC(=NC)NC1CC(C)(OC)C1(C)C)CC2. The molecule has 2 aliphatic rings. The van der Waals surface area contributed by atoms with Gasteiger partial charge in [0.05, 0.1) is 12.1 Å². The zero-order valence-corrected chi connectivity index (χ0v) is 16.4. The van der Waals surface area contributed by atoms with Crippen LogP contribution in [0.4, 0.5) is 0 Å². The zero-order valence-electron chi connectivity index (χ0n) is 16.4. The molecule has 1 aromatic heterocycles. The van der Waals surface area contributed by atoms with Gasteiger partial charge in [-0.2, -0.15) is 5.10 Å². The molecule has 3 atom stereocenters. The molecule has 1 aliphatic heterocycles. The van der Waals surface area contributed by atoms with E-state index in [0.29, 0.717) is 12.1 Å². The number of rotatable bonds is 4. The van der Waals surface area contributed by atoms with E-state index in [4.69, 9.17) is 4.74 Å². The van der Waals surface area contributed by atoms with Gasteiger partial charge < -0.3 is 15.4 Å². The van der Waals surface area contributed by atoms with E-state index in [0.717, 1.165) is 49.8 Å². The first kappa shape index (κ1) is 18.2. The van der Waals surface area contributed by atoms with Gasteiger partial charge in [0, 0.05) is 44.5 Å². The van der Waals surface area contributed by atoms with E-state index < -0.39 is 0 Å². The summed E-state index contributed by atoms with van der Waals surface area (Å²) in [6.07, 6.45) is 3.87. The second-order valence-electron chi connectivity index (χ2n) is 7.99. The number of nitrogens with one attached hydrogen (secondary N) is 2. The van der Waals surface area contributed by atoms with Crippen LogP contribution in [0.2, 0.25) is 0 Å². The van der Waals surface area contributed by atoms with E-state index in [-0.39, 0.29) is 11.0 Å². The molecule has 2 N–H and O–H groups in total. The van der Waals surface area contributed by atoms with E-state index in [1.807, 2.05) is 11.7 Å². The highest BCUT2D eigenvalue weighted by atomic mass is 16.5. The predicted molar refractivity (Wildman–Crippen MR) is 98.7 cm³/mol. The van der Waals surface area contributed by atoms with Gasteiger partial charge in [0.2, 0.25) is 0 Å². The fraction of sp³-hybridized carbons (Fsp3) is 0.833. The van der Waals surface area contributed by atoms with Gasteiger partial charge in [0.15, 0.2) is 11.8 Å². The Morgan fingerprint density at radius 1 is 1.36 bits per heavy atom. The fourth-order valence-electron chi connectivity index (χ4n) is 3.88. The molecule has 3 unspecified atom stereocenters. The van der Waals surface area contributed by atoms with Gasteiger partial charge in [-0.1, -0.05) is 20.8 Å². The Balaban J connectivity index is 1.59. The standard InChI is InChI=1S/C18H32N6O/c1-7-14-22-15-9-8-12(11-24(15)23-14)20-16(19-5)21-13-10-18(4,25-6)17(13,2)3/h12-13H,7-11H2,1-6H3,(H2,19,20,21). The molecule has 0 spiro atoms. The van der Waals surface area contributed by atoms with Crippen LogP contribution in [0.25, 0.3) is 0 Å². The number of methoxy groups -OCH3 is 1. The largest absolute Gasteiger partial charge is 0.378 e. The molecule has 1 aliphatic carbocycles. The van der Waals surface area contributed by atoms with Crippen LogP contribution in [0, 0.1) is 5.41 Å². The maximum absolute atomic E-state index is 5.72. The number of hydrogen-bond donors (Lipinski definition) is 2. The lowest BCUT2D eigenvalue weighted by Gasteiger charge is -2.59. The predicted octanol–water partition coefficient (Wildman–Crippen LogP) is 1.52. The molecule has 0 bridgehead atoms. The summed E-state index contributed by atoms with van der Waals surface area (Å²) in [6.45, 7) is 9.61. The van der Waals surface area contributed by atoms with Gasteiger partial charge in [-0.15, -0.1) is 0 Å². The van der Waals surface area contributed by atoms with Crippen molar-refractivity contribution >= 4 is 5.96 Å². The first-order valence-electron chi connectivity index (χ1n) is 9.30. The van der Waals surface area contributed by atoms with Crippen LogP contribution in [-0.4, -0.2) is 52.6 Å². The minimum absolute atomic E-state index is 0.0566. The van der Waals surface area contributed by atoms with Crippen LogP contribution in [0.1, 0.15) is 52.2 Å². The van der Waals surface area contributed by atoms with Crippen molar-refractivity contribution in [2.45, 2.75) is 77.6 Å². The fourth-order valence-corrected chi connectivity index (χ4v) is 3.88. The molecule has 3 rings (SSSR count). The van der Waals surface area contributed by atoms with Crippen molar-refractivity contribution in [1.29, 1.82) is 0 Å². The Labute approximate surface area is 150 Å². The van der Waals surface area contributed by atoms with Crippen molar-refractivity contribution in [3.8, 4) is 0 Å². The van der Waals surface area contributed by atoms with Crippen LogP contribution >= 0.6 is 0 Å². The number of nitrogens with zero attached hydrogens (tertiary/aromatic N) is 4. The minimum Gasteiger partial charge on any atom is -0.378 e. The highest BCUT2D eigenvalue weighted by Crippen LogP contribution is 2.51. The Hall–Kier alpha value is -1.63. The van der Waals surface area contributed by atoms with Crippen molar-refractivity contribution in [2.24, 2.45) is 10.4 Å². The molecule has 7 nitrogen and oxygen atoms in total. The molecule has 25 heavy (non-hydrogen) atoms. The summed E-state index contributed by atoms with van der Waals surface area (Å²) >= 11 is 0. The van der Waals surface area contributed by atoms with Gasteiger partial charge in [0.1, 0.15) is 5.82 Å².